The Balaban J connectivity index is 1.86. The second-order valence-corrected chi connectivity index (χ2v) is 7.56. The van der Waals surface area contributed by atoms with Crippen LogP contribution in [0.5, 0.6) is 0 Å². The summed E-state index contributed by atoms with van der Waals surface area (Å²) in [5.74, 6) is 0.553. The van der Waals surface area contributed by atoms with Crippen LogP contribution in [0.15, 0.2) is 23.6 Å². The van der Waals surface area contributed by atoms with E-state index in [0.717, 1.165) is 36.5 Å². The second-order valence-electron chi connectivity index (χ2n) is 6.53. The van der Waals surface area contributed by atoms with E-state index < -0.39 is 0 Å². The molecule has 0 saturated heterocycles. The molecule has 0 bridgehead atoms. The van der Waals surface area contributed by atoms with E-state index in [4.69, 9.17) is 4.74 Å². The van der Waals surface area contributed by atoms with Crippen molar-refractivity contribution in [3.8, 4) is 0 Å². The fourth-order valence-corrected chi connectivity index (χ4v) is 3.32. The molecule has 132 valence electrons. The highest BCUT2D eigenvalue weighted by molar-refractivity contribution is 7.09. The number of hydrogen-bond acceptors (Lipinski definition) is 3. The van der Waals surface area contributed by atoms with Gasteiger partial charge in [-0.05, 0) is 43.7 Å². The molecule has 1 N–H and O–H groups in total. The van der Waals surface area contributed by atoms with E-state index in [9.17, 15) is 4.79 Å². The lowest BCUT2D eigenvalue weighted by molar-refractivity contribution is 0.0924. The molecule has 2 aromatic heterocycles. The van der Waals surface area contributed by atoms with Gasteiger partial charge in [-0.3, -0.25) is 4.79 Å². The molecule has 0 aliphatic rings. The van der Waals surface area contributed by atoms with Gasteiger partial charge in [0.1, 0.15) is 0 Å². The van der Waals surface area contributed by atoms with Gasteiger partial charge in [-0.25, -0.2) is 0 Å². The number of aromatic nitrogens is 1. The molecule has 4 nitrogen and oxygen atoms in total. The molecule has 0 spiro atoms. The van der Waals surface area contributed by atoms with E-state index in [1.165, 1.54) is 4.88 Å². The molecular formula is C19H28N2O2S. The molecule has 0 aromatic carbocycles. The van der Waals surface area contributed by atoms with Crippen LogP contribution < -0.4 is 5.32 Å². The van der Waals surface area contributed by atoms with Gasteiger partial charge in [0.05, 0.1) is 12.1 Å². The van der Waals surface area contributed by atoms with Crippen LogP contribution in [0.3, 0.4) is 0 Å². The summed E-state index contributed by atoms with van der Waals surface area (Å²) >= 11 is 1.74. The standard InChI is InChI=1S/C19H28N2O2S/c1-14(2)13-23-9-6-8-20-19(22)18-11-15(3)21(16(18)4)12-17-7-5-10-24-17/h5,7,10-11,14H,6,8-9,12-13H2,1-4H3,(H,20,22). The third-order valence-electron chi connectivity index (χ3n) is 3.91. The molecule has 24 heavy (non-hydrogen) atoms. The predicted octanol–water partition coefficient (Wildman–Crippen LogP) is 4.01. The summed E-state index contributed by atoms with van der Waals surface area (Å²) in [5, 5.41) is 5.08. The van der Waals surface area contributed by atoms with Crippen molar-refractivity contribution in [3.05, 3.63) is 45.4 Å². The monoisotopic (exact) mass is 348 g/mol. The molecule has 2 aromatic rings. The Morgan fingerprint density at radius 3 is 2.83 bits per heavy atom. The summed E-state index contributed by atoms with van der Waals surface area (Å²) in [4.78, 5) is 13.7. The van der Waals surface area contributed by atoms with E-state index in [-0.39, 0.29) is 5.91 Å². The van der Waals surface area contributed by atoms with Gasteiger partial charge in [0.15, 0.2) is 0 Å². The molecule has 2 heterocycles. The molecule has 0 aliphatic heterocycles. The second kappa shape index (κ2) is 9.04. The molecule has 2 rings (SSSR count). The highest BCUT2D eigenvalue weighted by atomic mass is 32.1. The van der Waals surface area contributed by atoms with Crippen molar-refractivity contribution in [2.45, 2.75) is 40.7 Å². The molecule has 0 fully saturated rings. The van der Waals surface area contributed by atoms with Gasteiger partial charge in [0.25, 0.3) is 5.91 Å². The van der Waals surface area contributed by atoms with Gasteiger partial charge in [-0.1, -0.05) is 19.9 Å². The Labute approximate surface area is 148 Å². The first-order valence-electron chi connectivity index (χ1n) is 8.54. The first-order valence-corrected chi connectivity index (χ1v) is 9.42. The molecule has 0 radical (unpaired) electrons. The van der Waals surface area contributed by atoms with E-state index in [1.54, 1.807) is 11.3 Å². The van der Waals surface area contributed by atoms with Gasteiger partial charge in [0.2, 0.25) is 0 Å². The van der Waals surface area contributed by atoms with Crippen molar-refractivity contribution < 1.29 is 9.53 Å². The zero-order valence-electron chi connectivity index (χ0n) is 15.1. The van der Waals surface area contributed by atoms with Gasteiger partial charge in [-0.2, -0.15) is 0 Å². The number of carbonyl (C=O) groups is 1. The van der Waals surface area contributed by atoms with Crippen molar-refractivity contribution in [2.75, 3.05) is 19.8 Å². The number of aryl methyl sites for hydroxylation is 1. The highest BCUT2D eigenvalue weighted by Crippen LogP contribution is 2.19. The smallest absolute Gasteiger partial charge is 0.253 e. The van der Waals surface area contributed by atoms with Gasteiger partial charge >= 0.3 is 0 Å². The summed E-state index contributed by atoms with van der Waals surface area (Å²) < 4.78 is 7.73. The Morgan fingerprint density at radius 2 is 2.17 bits per heavy atom. The molecule has 0 aliphatic carbocycles. The lowest BCUT2D eigenvalue weighted by Gasteiger charge is -2.09. The number of amides is 1. The first kappa shape index (κ1) is 18.7. The fraction of sp³-hybridized carbons (Fsp3) is 0.526. The van der Waals surface area contributed by atoms with E-state index >= 15 is 0 Å². The van der Waals surface area contributed by atoms with E-state index in [2.05, 4.69) is 48.2 Å². The number of nitrogens with one attached hydrogen (secondary N) is 1. The number of carbonyl (C=O) groups excluding carboxylic acids is 1. The minimum Gasteiger partial charge on any atom is -0.381 e. The Kier molecular flexibility index (Phi) is 7.06. The normalized spacial score (nSPS) is 11.2. The number of ether oxygens (including phenoxy) is 1. The van der Waals surface area contributed by atoms with Crippen LogP contribution in [0, 0.1) is 19.8 Å². The van der Waals surface area contributed by atoms with Crippen LogP contribution in [0.4, 0.5) is 0 Å². The molecule has 1 amide bonds. The number of nitrogens with zero attached hydrogens (tertiary/aromatic N) is 1. The maximum Gasteiger partial charge on any atom is 0.253 e. The summed E-state index contributed by atoms with van der Waals surface area (Å²) in [6.45, 7) is 11.3. The Morgan fingerprint density at radius 1 is 1.38 bits per heavy atom. The van der Waals surface area contributed by atoms with Crippen LogP contribution in [0.1, 0.15) is 46.9 Å². The van der Waals surface area contributed by atoms with Crippen LogP contribution in [0.25, 0.3) is 0 Å². The van der Waals surface area contributed by atoms with Crippen LogP contribution >= 0.6 is 11.3 Å². The third kappa shape index (κ3) is 5.21. The zero-order chi connectivity index (χ0) is 17.5. The minimum atomic E-state index is 0.00406. The quantitative estimate of drug-likeness (QED) is 0.696. The van der Waals surface area contributed by atoms with Crippen molar-refractivity contribution in [1.82, 2.24) is 9.88 Å². The topological polar surface area (TPSA) is 43.3 Å². The summed E-state index contributed by atoms with van der Waals surface area (Å²) in [6.07, 6.45) is 0.840. The first-order chi connectivity index (χ1) is 11.5. The summed E-state index contributed by atoms with van der Waals surface area (Å²) in [6, 6.07) is 6.16. The maximum atomic E-state index is 12.4. The van der Waals surface area contributed by atoms with Gasteiger partial charge in [0, 0.05) is 36.0 Å². The summed E-state index contributed by atoms with van der Waals surface area (Å²) in [5.41, 5.74) is 2.91. The fourth-order valence-electron chi connectivity index (χ4n) is 2.62. The molecule has 0 atom stereocenters. The average Bonchev–Trinajstić information content (AvgIpc) is 3.14. The Hall–Kier alpha value is -1.59. The number of thiophene rings is 1. The lowest BCUT2D eigenvalue weighted by Crippen LogP contribution is -2.26. The van der Waals surface area contributed by atoms with Crippen molar-refractivity contribution in [3.63, 3.8) is 0 Å². The highest BCUT2D eigenvalue weighted by Gasteiger charge is 2.15. The zero-order valence-corrected chi connectivity index (χ0v) is 15.9. The molecular weight excluding hydrogens is 320 g/mol. The van der Waals surface area contributed by atoms with Crippen LogP contribution in [-0.4, -0.2) is 30.2 Å². The van der Waals surface area contributed by atoms with Gasteiger partial charge in [-0.15, -0.1) is 11.3 Å². The molecule has 0 unspecified atom stereocenters. The lowest BCUT2D eigenvalue weighted by atomic mass is 10.2. The van der Waals surface area contributed by atoms with Crippen molar-refractivity contribution >= 4 is 17.2 Å². The minimum absolute atomic E-state index is 0.00406. The van der Waals surface area contributed by atoms with Crippen molar-refractivity contribution in [1.29, 1.82) is 0 Å². The average molecular weight is 349 g/mol. The molecule has 0 saturated carbocycles. The maximum absolute atomic E-state index is 12.4. The number of rotatable bonds is 9. The largest absolute Gasteiger partial charge is 0.381 e. The number of hydrogen-bond donors (Lipinski definition) is 1. The van der Waals surface area contributed by atoms with Crippen LogP contribution in [-0.2, 0) is 11.3 Å². The predicted molar refractivity (Wildman–Crippen MR) is 99.9 cm³/mol. The van der Waals surface area contributed by atoms with Crippen LogP contribution in [0.2, 0.25) is 0 Å². The Bertz CT molecular complexity index is 645. The van der Waals surface area contributed by atoms with E-state index in [1.807, 2.05) is 13.0 Å². The summed E-state index contributed by atoms with van der Waals surface area (Å²) in [7, 11) is 0. The van der Waals surface area contributed by atoms with Crippen molar-refractivity contribution in [2.24, 2.45) is 5.92 Å². The SMILES string of the molecule is Cc1cc(C(=O)NCCCOCC(C)C)c(C)n1Cc1cccs1. The molecule has 5 heteroatoms. The van der Waals surface area contributed by atoms with E-state index in [0.29, 0.717) is 19.1 Å². The third-order valence-corrected chi connectivity index (χ3v) is 4.78. The van der Waals surface area contributed by atoms with Gasteiger partial charge < -0.3 is 14.6 Å².